The van der Waals surface area contributed by atoms with E-state index in [-0.39, 0.29) is 5.92 Å². The molecule has 0 bridgehead atoms. The van der Waals surface area contributed by atoms with E-state index in [9.17, 15) is 5.11 Å². The number of nitrogens with two attached hydrogens (primary N) is 1. The van der Waals surface area contributed by atoms with Gasteiger partial charge in [-0.05, 0) is 36.5 Å². The fourth-order valence-corrected chi connectivity index (χ4v) is 1.78. The van der Waals surface area contributed by atoms with E-state index in [1.54, 1.807) is 0 Å². The van der Waals surface area contributed by atoms with Gasteiger partial charge >= 0.3 is 0 Å². The molecule has 1 unspecified atom stereocenters. The van der Waals surface area contributed by atoms with Gasteiger partial charge in [0.05, 0.1) is 5.60 Å². The van der Waals surface area contributed by atoms with Crippen molar-refractivity contribution in [1.29, 1.82) is 0 Å². The summed E-state index contributed by atoms with van der Waals surface area (Å²) in [5, 5.41) is 10.4. The van der Waals surface area contributed by atoms with E-state index in [4.69, 9.17) is 5.73 Å². The van der Waals surface area contributed by atoms with Crippen LogP contribution in [0.2, 0.25) is 0 Å². The van der Waals surface area contributed by atoms with E-state index >= 15 is 0 Å². The Hall–Kier alpha value is -0.860. The highest BCUT2D eigenvalue weighted by molar-refractivity contribution is 5.30. The molecule has 0 heterocycles. The van der Waals surface area contributed by atoms with Crippen molar-refractivity contribution in [3.05, 3.63) is 34.9 Å². The lowest BCUT2D eigenvalue weighted by Gasteiger charge is -2.31. The molecule has 1 aromatic rings. The molecule has 0 aliphatic rings. The highest BCUT2D eigenvalue weighted by atomic mass is 16.3. The van der Waals surface area contributed by atoms with Crippen molar-refractivity contribution in [3.63, 3.8) is 0 Å². The first-order valence-electron chi connectivity index (χ1n) is 5.87. The Morgan fingerprint density at radius 1 is 1.25 bits per heavy atom. The van der Waals surface area contributed by atoms with Gasteiger partial charge in [0.25, 0.3) is 0 Å². The number of aliphatic hydroxyl groups is 1. The second-order valence-electron chi connectivity index (χ2n) is 5.06. The zero-order chi connectivity index (χ0) is 12.3. The van der Waals surface area contributed by atoms with Gasteiger partial charge in [0.2, 0.25) is 0 Å². The molecule has 1 aromatic carbocycles. The molecule has 1 atom stereocenters. The van der Waals surface area contributed by atoms with Crippen LogP contribution in [0.4, 0.5) is 0 Å². The number of aryl methyl sites for hydroxylation is 2. The van der Waals surface area contributed by atoms with Gasteiger partial charge in [-0.1, -0.05) is 32.0 Å². The first-order valence-corrected chi connectivity index (χ1v) is 5.87. The van der Waals surface area contributed by atoms with Gasteiger partial charge in [0, 0.05) is 13.0 Å². The van der Waals surface area contributed by atoms with Gasteiger partial charge in [0.1, 0.15) is 0 Å². The molecule has 3 N–H and O–H groups in total. The van der Waals surface area contributed by atoms with Crippen LogP contribution in [0.3, 0.4) is 0 Å². The minimum absolute atomic E-state index is 0.166. The third kappa shape index (κ3) is 2.83. The molecule has 90 valence electrons. The van der Waals surface area contributed by atoms with E-state index in [2.05, 4.69) is 32.0 Å². The van der Waals surface area contributed by atoms with Crippen molar-refractivity contribution in [3.8, 4) is 0 Å². The van der Waals surface area contributed by atoms with E-state index < -0.39 is 5.60 Å². The normalized spacial score (nSPS) is 15.2. The van der Waals surface area contributed by atoms with Crippen LogP contribution in [-0.2, 0) is 6.42 Å². The smallest absolute Gasteiger partial charge is 0.0832 e. The Bertz CT molecular complexity index is 360. The lowest BCUT2D eigenvalue weighted by Crippen LogP contribution is -2.44. The van der Waals surface area contributed by atoms with Gasteiger partial charge < -0.3 is 10.8 Å². The summed E-state index contributed by atoms with van der Waals surface area (Å²) < 4.78 is 0. The third-order valence-corrected chi connectivity index (χ3v) is 3.51. The van der Waals surface area contributed by atoms with Gasteiger partial charge in [0.15, 0.2) is 0 Å². The maximum atomic E-state index is 10.4. The van der Waals surface area contributed by atoms with E-state index in [1.807, 2.05) is 13.8 Å². The third-order valence-electron chi connectivity index (χ3n) is 3.51. The zero-order valence-corrected chi connectivity index (χ0v) is 10.7. The summed E-state index contributed by atoms with van der Waals surface area (Å²) in [6, 6.07) is 6.31. The maximum Gasteiger partial charge on any atom is 0.0832 e. The molecule has 0 amide bonds. The van der Waals surface area contributed by atoms with Crippen molar-refractivity contribution < 1.29 is 5.11 Å². The maximum absolute atomic E-state index is 10.4. The quantitative estimate of drug-likeness (QED) is 0.818. The molecule has 0 fully saturated rings. The van der Waals surface area contributed by atoms with Crippen molar-refractivity contribution in [2.45, 2.75) is 39.7 Å². The standard InChI is InChI=1S/C14H23NO/c1-10(2)14(16,9-15)8-13-6-5-11(3)12(4)7-13/h5-7,10,16H,8-9,15H2,1-4H3. The first kappa shape index (κ1) is 13.2. The summed E-state index contributed by atoms with van der Waals surface area (Å²) in [7, 11) is 0. The number of benzene rings is 1. The van der Waals surface area contributed by atoms with Crippen LogP contribution in [0.25, 0.3) is 0 Å². The Labute approximate surface area is 98.5 Å². The Balaban J connectivity index is 2.90. The van der Waals surface area contributed by atoms with Crippen molar-refractivity contribution in [2.24, 2.45) is 11.7 Å². The molecule has 2 heteroatoms. The van der Waals surface area contributed by atoms with Crippen LogP contribution in [-0.4, -0.2) is 17.3 Å². The number of hydrogen-bond donors (Lipinski definition) is 2. The Morgan fingerprint density at radius 2 is 1.88 bits per heavy atom. The van der Waals surface area contributed by atoms with Gasteiger partial charge in [-0.25, -0.2) is 0 Å². The lowest BCUT2D eigenvalue weighted by atomic mass is 9.84. The molecule has 1 rings (SSSR count). The molecule has 0 spiro atoms. The Kier molecular flexibility index (Phi) is 4.11. The van der Waals surface area contributed by atoms with Crippen LogP contribution in [0.15, 0.2) is 18.2 Å². The summed E-state index contributed by atoms with van der Waals surface area (Å²) in [6.45, 7) is 8.51. The average Bonchev–Trinajstić information content (AvgIpc) is 2.23. The summed E-state index contributed by atoms with van der Waals surface area (Å²) in [5.41, 5.74) is 8.59. The van der Waals surface area contributed by atoms with E-state index in [0.29, 0.717) is 13.0 Å². The predicted molar refractivity (Wildman–Crippen MR) is 68.5 cm³/mol. The van der Waals surface area contributed by atoms with Crippen molar-refractivity contribution >= 4 is 0 Å². The molecule has 0 aliphatic carbocycles. The van der Waals surface area contributed by atoms with Crippen LogP contribution < -0.4 is 5.73 Å². The van der Waals surface area contributed by atoms with Gasteiger partial charge in [-0.15, -0.1) is 0 Å². The molecule has 0 saturated carbocycles. The highest BCUT2D eigenvalue weighted by Crippen LogP contribution is 2.22. The highest BCUT2D eigenvalue weighted by Gasteiger charge is 2.29. The fraction of sp³-hybridized carbons (Fsp3) is 0.571. The largest absolute Gasteiger partial charge is 0.388 e. The van der Waals surface area contributed by atoms with E-state index in [1.165, 1.54) is 11.1 Å². The Morgan fingerprint density at radius 3 is 2.31 bits per heavy atom. The zero-order valence-electron chi connectivity index (χ0n) is 10.7. The van der Waals surface area contributed by atoms with Crippen LogP contribution in [0.1, 0.15) is 30.5 Å². The molecule has 0 aliphatic heterocycles. The second kappa shape index (κ2) is 4.98. The van der Waals surface area contributed by atoms with E-state index in [0.717, 1.165) is 5.56 Å². The SMILES string of the molecule is Cc1ccc(CC(O)(CN)C(C)C)cc1C. The molecule has 0 aromatic heterocycles. The van der Waals surface area contributed by atoms with Crippen LogP contribution >= 0.6 is 0 Å². The fourth-order valence-electron chi connectivity index (χ4n) is 1.78. The predicted octanol–water partition coefficient (Wildman–Crippen LogP) is 2.19. The minimum atomic E-state index is -0.790. The van der Waals surface area contributed by atoms with Crippen molar-refractivity contribution in [2.75, 3.05) is 6.54 Å². The lowest BCUT2D eigenvalue weighted by molar-refractivity contribution is 0.00407. The van der Waals surface area contributed by atoms with Crippen molar-refractivity contribution in [1.82, 2.24) is 0 Å². The minimum Gasteiger partial charge on any atom is -0.388 e. The second-order valence-corrected chi connectivity index (χ2v) is 5.06. The van der Waals surface area contributed by atoms with Crippen LogP contribution in [0.5, 0.6) is 0 Å². The molecule has 0 saturated heterocycles. The van der Waals surface area contributed by atoms with Gasteiger partial charge in [-0.3, -0.25) is 0 Å². The summed E-state index contributed by atoms with van der Waals surface area (Å²) in [5.74, 6) is 0.166. The average molecular weight is 221 g/mol. The molecular formula is C14H23NO. The molecular weight excluding hydrogens is 198 g/mol. The first-order chi connectivity index (χ1) is 7.39. The molecule has 0 radical (unpaired) electrons. The van der Waals surface area contributed by atoms with Crippen LogP contribution in [0, 0.1) is 19.8 Å². The monoisotopic (exact) mass is 221 g/mol. The summed E-state index contributed by atoms with van der Waals surface area (Å²) in [6.07, 6.45) is 0.627. The summed E-state index contributed by atoms with van der Waals surface area (Å²) in [4.78, 5) is 0. The number of rotatable bonds is 4. The van der Waals surface area contributed by atoms with Gasteiger partial charge in [-0.2, -0.15) is 0 Å². The topological polar surface area (TPSA) is 46.2 Å². The number of hydrogen-bond acceptors (Lipinski definition) is 2. The molecule has 2 nitrogen and oxygen atoms in total. The summed E-state index contributed by atoms with van der Waals surface area (Å²) >= 11 is 0. The molecule has 16 heavy (non-hydrogen) atoms.